The lowest BCUT2D eigenvalue weighted by Gasteiger charge is -2.35. The molecule has 4 aromatic heterocycles. The number of nitrogens with zero attached hydrogens (tertiary/aromatic N) is 5. The minimum Gasteiger partial charge on any atom is -0.360 e. The molecule has 0 radical (unpaired) electrons. The number of rotatable bonds is 10. The predicted octanol–water partition coefficient (Wildman–Crippen LogP) is 10.4. The molecule has 2 fully saturated rings. The van der Waals surface area contributed by atoms with Crippen molar-refractivity contribution >= 4 is 79.7 Å². The fourth-order valence-electron chi connectivity index (χ4n) is 7.70. The maximum atomic E-state index is 11.9. The molecule has 1 amide bonds. The van der Waals surface area contributed by atoms with Crippen LogP contribution in [0.15, 0.2) is 98.6 Å². The lowest BCUT2D eigenvalue weighted by atomic mass is 9.90. The molecule has 0 saturated heterocycles. The summed E-state index contributed by atoms with van der Waals surface area (Å²) in [4.78, 5) is 47.9. The number of benzene rings is 2. The summed E-state index contributed by atoms with van der Waals surface area (Å²) >= 11 is 17.5. The first-order valence-corrected chi connectivity index (χ1v) is 20.8. The number of carbonyl (C=O) groups excluding carboxylic acids is 2. The Labute approximate surface area is 366 Å². The Bertz CT molecular complexity index is 2400. The lowest BCUT2D eigenvalue weighted by molar-refractivity contribution is -0.127. The van der Waals surface area contributed by atoms with Crippen molar-refractivity contribution in [2.24, 2.45) is 0 Å². The van der Waals surface area contributed by atoms with Crippen molar-refractivity contribution in [2.75, 3.05) is 24.7 Å². The lowest BCUT2D eigenvalue weighted by Crippen LogP contribution is -2.42. The minimum absolute atomic E-state index is 0. The van der Waals surface area contributed by atoms with Gasteiger partial charge in [-0.15, -0.1) is 0 Å². The molecule has 12 nitrogen and oxygen atoms in total. The van der Waals surface area contributed by atoms with Gasteiger partial charge in [-0.3, -0.25) is 9.59 Å². The number of aromatic amines is 2. The Morgan fingerprint density at radius 2 is 1.22 bits per heavy atom. The van der Waals surface area contributed by atoms with Gasteiger partial charge in [0, 0.05) is 76.5 Å². The minimum atomic E-state index is -0.509. The van der Waals surface area contributed by atoms with E-state index in [0.29, 0.717) is 39.7 Å². The Morgan fingerprint density at radius 1 is 0.750 bits per heavy atom. The van der Waals surface area contributed by atoms with Gasteiger partial charge in [0.15, 0.2) is 0 Å². The zero-order valence-electron chi connectivity index (χ0n) is 33.1. The van der Waals surface area contributed by atoms with E-state index in [0.717, 1.165) is 83.2 Å². The van der Waals surface area contributed by atoms with Crippen LogP contribution in [-0.2, 0) is 9.59 Å². The van der Waals surface area contributed by atoms with Crippen molar-refractivity contribution in [1.82, 2.24) is 40.1 Å². The molecule has 0 spiro atoms. The first kappa shape index (κ1) is 45.8. The van der Waals surface area contributed by atoms with Crippen LogP contribution in [0.1, 0.15) is 58.8 Å². The third-order valence-corrected chi connectivity index (χ3v) is 11.5. The van der Waals surface area contributed by atoms with E-state index in [4.69, 9.17) is 44.8 Å². The van der Waals surface area contributed by atoms with Crippen LogP contribution in [0.2, 0.25) is 10.0 Å². The van der Waals surface area contributed by atoms with E-state index in [9.17, 15) is 9.59 Å². The van der Waals surface area contributed by atoms with Crippen molar-refractivity contribution in [3.8, 4) is 22.5 Å². The van der Waals surface area contributed by atoms with Crippen LogP contribution >= 0.6 is 34.8 Å². The van der Waals surface area contributed by atoms with Crippen molar-refractivity contribution in [3.05, 3.63) is 109 Å². The van der Waals surface area contributed by atoms with Gasteiger partial charge in [-0.25, -0.2) is 19.9 Å². The Balaban J connectivity index is 0.000000203. The van der Waals surface area contributed by atoms with E-state index in [1.165, 1.54) is 18.9 Å². The normalized spacial score (nSPS) is 18.4. The van der Waals surface area contributed by atoms with E-state index < -0.39 is 5.24 Å². The summed E-state index contributed by atoms with van der Waals surface area (Å²) in [6, 6.07) is 17.6. The molecule has 4 heterocycles. The van der Waals surface area contributed by atoms with Gasteiger partial charge in [-0.1, -0.05) is 80.2 Å². The summed E-state index contributed by atoms with van der Waals surface area (Å²) in [6.07, 6.45) is 18.2. The third-order valence-electron chi connectivity index (χ3n) is 10.8. The number of nitrogens with one attached hydrogen (secondary N) is 5. The quantitative estimate of drug-likeness (QED) is 0.0668. The molecule has 6 aromatic rings. The van der Waals surface area contributed by atoms with Gasteiger partial charge in [0.1, 0.15) is 0 Å². The molecule has 0 aliphatic heterocycles. The molecule has 60 heavy (non-hydrogen) atoms. The van der Waals surface area contributed by atoms with Gasteiger partial charge in [0.25, 0.3) is 0 Å². The summed E-state index contributed by atoms with van der Waals surface area (Å²) in [5.74, 6) is 1.16. The number of allylic oxidation sites excluding steroid dienone is 1. The summed E-state index contributed by atoms with van der Waals surface area (Å²) in [7, 11) is 3.87. The molecule has 4 atom stereocenters. The SMILES string of the molecule is C.C=CC(=O)Cl.C=CC(=O)N(C)[C@H]1CCC[C@@H](Nc2ncc(Cl)c(-c3c[nH]c4ccccc34)n2)C1.CN[C@H]1CCC[C@@H](Nc2ncc(Cl)c(-c3c[nH]c4ccccc34)n2)C1. The van der Waals surface area contributed by atoms with E-state index in [-0.39, 0.29) is 25.4 Å². The maximum absolute atomic E-state index is 11.9. The molecular formula is C45H53Cl3N10O2. The van der Waals surface area contributed by atoms with Crippen molar-refractivity contribution in [2.45, 2.75) is 83.0 Å². The fraction of sp³-hybridized carbons (Fsp3) is 0.333. The summed E-state index contributed by atoms with van der Waals surface area (Å²) in [5.41, 5.74) is 5.53. The van der Waals surface area contributed by atoms with Crippen LogP contribution in [0.5, 0.6) is 0 Å². The number of aromatic nitrogens is 6. The molecule has 316 valence electrons. The highest BCUT2D eigenvalue weighted by molar-refractivity contribution is 6.66. The van der Waals surface area contributed by atoms with Crippen LogP contribution in [-0.4, -0.2) is 84.2 Å². The van der Waals surface area contributed by atoms with Crippen LogP contribution in [0, 0.1) is 0 Å². The van der Waals surface area contributed by atoms with E-state index in [1.807, 2.05) is 69.0 Å². The monoisotopic (exact) mass is 870 g/mol. The molecule has 2 saturated carbocycles. The van der Waals surface area contributed by atoms with E-state index in [2.05, 4.69) is 55.1 Å². The first-order chi connectivity index (χ1) is 28.6. The molecule has 8 rings (SSSR count). The molecule has 0 unspecified atom stereocenters. The van der Waals surface area contributed by atoms with E-state index in [1.54, 1.807) is 17.3 Å². The molecule has 2 aliphatic carbocycles. The largest absolute Gasteiger partial charge is 0.360 e. The van der Waals surface area contributed by atoms with Gasteiger partial charge >= 0.3 is 0 Å². The van der Waals surface area contributed by atoms with Gasteiger partial charge in [0.2, 0.25) is 23.0 Å². The number of hydrogen-bond donors (Lipinski definition) is 5. The number of fused-ring (bicyclic) bond motifs is 2. The van der Waals surface area contributed by atoms with Gasteiger partial charge in [-0.05, 0) is 94.3 Å². The van der Waals surface area contributed by atoms with Gasteiger partial charge in [-0.2, -0.15) is 0 Å². The van der Waals surface area contributed by atoms with Crippen molar-refractivity contribution < 1.29 is 9.59 Å². The summed E-state index contributed by atoms with van der Waals surface area (Å²) < 4.78 is 0. The molecule has 5 N–H and O–H groups in total. The molecular weight excluding hydrogens is 819 g/mol. The number of halogens is 3. The fourth-order valence-corrected chi connectivity index (χ4v) is 8.09. The topological polar surface area (TPSA) is 157 Å². The van der Waals surface area contributed by atoms with Crippen LogP contribution in [0.25, 0.3) is 44.3 Å². The third kappa shape index (κ3) is 11.5. The first-order valence-electron chi connectivity index (χ1n) is 19.7. The van der Waals surface area contributed by atoms with E-state index >= 15 is 0 Å². The number of carbonyl (C=O) groups is 2. The molecule has 0 bridgehead atoms. The standard InChI is InChI=1S/C22H24ClN5O.C19H22ClN5.C3H3ClO.CH4/c1-3-20(29)28(2)15-8-6-7-14(11-15)26-22-25-13-18(23)21(27-22)17-12-24-19-10-5-4-9-16(17)19;1-21-12-5-4-6-13(9-12)24-19-23-11-16(20)18(25-19)15-10-22-17-8-3-2-7-14(15)17;1-2-3(4)5;/h3-5,9-10,12-15,24H,1,6-8,11H2,2H3,(H,25,26,27);2-3,7-8,10-13,21-22H,4-6,9H2,1H3,(H,23,24,25);2H,1H2;1H4/t14-,15+;12-,13+;;/m10../s1. The van der Waals surface area contributed by atoms with Gasteiger partial charge < -0.3 is 30.8 Å². The smallest absolute Gasteiger partial charge is 0.245 e. The van der Waals surface area contributed by atoms with Crippen molar-refractivity contribution in [3.63, 3.8) is 0 Å². The Hall–Kier alpha value is -5.27. The summed E-state index contributed by atoms with van der Waals surface area (Å²) in [6.45, 7) is 6.66. The van der Waals surface area contributed by atoms with Crippen LogP contribution in [0.3, 0.4) is 0 Å². The molecule has 2 aliphatic rings. The number of amides is 1. The highest BCUT2D eigenvalue weighted by Gasteiger charge is 2.27. The average Bonchev–Trinajstić information content (AvgIpc) is 3.90. The molecule has 2 aromatic carbocycles. The van der Waals surface area contributed by atoms with Crippen molar-refractivity contribution in [1.29, 1.82) is 0 Å². The van der Waals surface area contributed by atoms with Crippen LogP contribution in [0.4, 0.5) is 11.9 Å². The number of anilines is 2. The second-order valence-electron chi connectivity index (χ2n) is 14.6. The second-order valence-corrected chi connectivity index (χ2v) is 15.8. The highest BCUT2D eigenvalue weighted by atomic mass is 35.5. The highest BCUT2D eigenvalue weighted by Crippen LogP contribution is 2.34. The zero-order chi connectivity index (χ0) is 41.9. The molecule has 15 heteroatoms. The Kier molecular flexibility index (Phi) is 16.7. The number of H-pyrrole nitrogens is 2. The van der Waals surface area contributed by atoms with Crippen LogP contribution < -0.4 is 16.0 Å². The summed E-state index contributed by atoms with van der Waals surface area (Å²) in [5, 5.41) is 13.1. The number of hydrogen-bond acceptors (Lipinski definition) is 9. The second kappa shape index (κ2) is 21.8. The average molecular weight is 872 g/mol. The zero-order valence-corrected chi connectivity index (χ0v) is 35.4. The predicted molar refractivity (Wildman–Crippen MR) is 248 cm³/mol. The number of para-hydroxylation sites is 2. The maximum Gasteiger partial charge on any atom is 0.245 e. The van der Waals surface area contributed by atoms with Gasteiger partial charge in [0.05, 0.1) is 33.8 Å². The number of likely N-dealkylation sites (N-methyl/N-ethyl adjacent to an activating group) is 1. The Morgan fingerprint density at radius 3 is 1.70 bits per heavy atom.